The number of amides is 1. The van der Waals surface area contributed by atoms with Crippen LogP contribution in [0, 0.1) is 11.8 Å². The number of hydrogen-bond acceptors (Lipinski definition) is 7. The summed E-state index contributed by atoms with van der Waals surface area (Å²) in [6.45, 7) is 12.6. The van der Waals surface area contributed by atoms with Crippen LogP contribution < -0.4 is 5.32 Å². The Morgan fingerprint density at radius 3 is 2.68 bits per heavy atom. The predicted octanol–water partition coefficient (Wildman–Crippen LogP) is 5.54. The molecule has 8 nitrogen and oxygen atoms in total. The predicted molar refractivity (Wildman–Crippen MR) is 152 cm³/mol. The molecule has 1 amide bonds. The number of rotatable bonds is 9. The lowest BCUT2D eigenvalue weighted by Crippen LogP contribution is -2.44. The zero-order valence-electron chi connectivity index (χ0n) is 22.0. The molecule has 194 valence electrons. The minimum atomic E-state index is 0.212. The lowest BCUT2D eigenvalue weighted by Gasteiger charge is -2.31. The maximum Gasteiger partial charge on any atom is 0.237 e. The number of carbonyl (C=O) groups excluding carboxylic acids is 1. The van der Waals surface area contributed by atoms with E-state index < -0.39 is 0 Å². The van der Waals surface area contributed by atoms with Crippen molar-refractivity contribution in [2.45, 2.75) is 34.1 Å². The van der Waals surface area contributed by atoms with Gasteiger partial charge in [0.25, 0.3) is 0 Å². The van der Waals surface area contributed by atoms with Crippen LogP contribution in [0.5, 0.6) is 0 Å². The van der Waals surface area contributed by atoms with Crippen LogP contribution in [-0.2, 0) is 4.79 Å². The first-order chi connectivity index (χ1) is 17.9. The molecular formula is C28H35N7OS. The minimum absolute atomic E-state index is 0.212. The maximum absolute atomic E-state index is 13.1. The summed E-state index contributed by atoms with van der Waals surface area (Å²) in [5.74, 6) is 2.06. The van der Waals surface area contributed by atoms with Gasteiger partial charge in [0.15, 0.2) is 0 Å². The van der Waals surface area contributed by atoms with Crippen LogP contribution in [-0.4, -0.2) is 68.4 Å². The molecule has 9 heteroatoms. The van der Waals surface area contributed by atoms with Gasteiger partial charge in [-0.2, -0.15) is 0 Å². The number of nitrogens with zero attached hydrogens (tertiary/aromatic N) is 5. The lowest BCUT2D eigenvalue weighted by atomic mass is 10.0. The van der Waals surface area contributed by atoms with Gasteiger partial charge in [0.1, 0.15) is 17.8 Å². The van der Waals surface area contributed by atoms with Gasteiger partial charge in [-0.25, -0.2) is 15.0 Å². The van der Waals surface area contributed by atoms with Crippen LogP contribution in [0.25, 0.3) is 26.8 Å². The van der Waals surface area contributed by atoms with Crippen LogP contribution >= 0.6 is 11.3 Å². The van der Waals surface area contributed by atoms with E-state index in [0.717, 1.165) is 64.5 Å². The first-order valence-corrected chi connectivity index (χ1v) is 13.9. The van der Waals surface area contributed by atoms with Gasteiger partial charge in [-0.15, -0.1) is 11.3 Å². The molecule has 0 saturated heterocycles. The molecule has 0 saturated carbocycles. The van der Waals surface area contributed by atoms with Crippen molar-refractivity contribution in [3.05, 3.63) is 47.9 Å². The number of carbonyl (C=O) groups is 1. The molecule has 0 atom stereocenters. The Balaban J connectivity index is 1.28. The summed E-state index contributed by atoms with van der Waals surface area (Å²) in [5.41, 5.74) is 6.86. The minimum Gasteiger partial charge on any atom is -0.340 e. The fourth-order valence-corrected chi connectivity index (χ4v) is 5.67. The fourth-order valence-electron chi connectivity index (χ4n) is 4.95. The highest BCUT2D eigenvalue weighted by Gasteiger charge is 2.22. The van der Waals surface area contributed by atoms with Crippen LogP contribution in [0.3, 0.4) is 0 Å². The van der Waals surface area contributed by atoms with Gasteiger partial charge >= 0.3 is 0 Å². The summed E-state index contributed by atoms with van der Waals surface area (Å²) in [5, 5.41) is 4.39. The first kappa shape index (κ1) is 25.4. The zero-order valence-corrected chi connectivity index (χ0v) is 22.8. The van der Waals surface area contributed by atoms with Gasteiger partial charge in [-0.3, -0.25) is 9.69 Å². The standard InChI is InChI=1S/C28H35N7OS/c1-18(2)13-34(14-19(3)4)15-26(36)35-9-7-20(8-10-35)24-12-22-27(29-16-30-28(22)33-24)32-21-5-6-23-25(11-21)37-17-31-23/h5-7,11-12,16-19H,8-10,13-15H2,1-4H3,(H2,29,30,32,33). The second-order valence-corrected chi connectivity index (χ2v) is 11.5. The van der Waals surface area contributed by atoms with Crippen LogP contribution in [0.2, 0.25) is 0 Å². The molecule has 0 aliphatic carbocycles. The summed E-state index contributed by atoms with van der Waals surface area (Å²) in [6.07, 6.45) is 4.55. The van der Waals surface area contributed by atoms with E-state index in [9.17, 15) is 4.79 Å². The third kappa shape index (κ3) is 5.99. The van der Waals surface area contributed by atoms with Crippen LogP contribution in [0.4, 0.5) is 11.5 Å². The van der Waals surface area contributed by atoms with Gasteiger partial charge < -0.3 is 15.2 Å². The van der Waals surface area contributed by atoms with Crippen LogP contribution in [0.1, 0.15) is 39.8 Å². The number of anilines is 2. The smallest absolute Gasteiger partial charge is 0.237 e. The Morgan fingerprint density at radius 1 is 1.14 bits per heavy atom. The van der Waals surface area contributed by atoms with Crippen molar-refractivity contribution < 1.29 is 4.79 Å². The van der Waals surface area contributed by atoms with Crippen molar-refractivity contribution in [2.24, 2.45) is 11.8 Å². The molecule has 0 radical (unpaired) electrons. The Morgan fingerprint density at radius 2 is 1.95 bits per heavy atom. The Hall–Kier alpha value is -3.30. The number of H-pyrrole nitrogens is 1. The van der Waals surface area contributed by atoms with E-state index >= 15 is 0 Å². The average molecular weight is 518 g/mol. The van der Waals surface area contributed by atoms with Crippen molar-refractivity contribution in [2.75, 3.05) is 38.0 Å². The fraction of sp³-hybridized carbons (Fsp3) is 0.429. The number of fused-ring (bicyclic) bond motifs is 2. The summed E-state index contributed by atoms with van der Waals surface area (Å²) in [6, 6.07) is 8.23. The number of aromatic amines is 1. The quantitative estimate of drug-likeness (QED) is 0.303. The van der Waals surface area contributed by atoms with Gasteiger partial charge in [0.2, 0.25) is 5.91 Å². The third-order valence-electron chi connectivity index (χ3n) is 6.53. The normalized spacial score (nSPS) is 14.4. The summed E-state index contributed by atoms with van der Waals surface area (Å²) < 4.78 is 1.13. The molecule has 0 unspecified atom stereocenters. The highest BCUT2D eigenvalue weighted by molar-refractivity contribution is 7.16. The summed E-state index contributed by atoms with van der Waals surface area (Å²) in [7, 11) is 0. The summed E-state index contributed by atoms with van der Waals surface area (Å²) >= 11 is 1.62. The summed E-state index contributed by atoms with van der Waals surface area (Å²) in [4.78, 5) is 34.1. The molecule has 4 heterocycles. The maximum atomic E-state index is 13.1. The molecular weight excluding hydrogens is 482 g/mol. The second-order valence-electron chi connectivity index (χ2n) is 10.6. The van der Waals surface area contributed by atoms with Crippen molar-refractivity contribution >= 4 is 55.6 Å². The van der Waals surface area contributed by atoms with Gasteiger partial charge in [-0.05, 0) is 48.1 Å². The van der Waals surface area contributed by atoms with E-state index in [0.29, 0.717) is 24.9 Å². The van der Waals surface area contributed by atoms with Gasteiger partial charge in [-0.1, -0.05) is 33.8 Å². The average Bonchev–Trinajstić information content (AvgIpc) is 3.50. The van der Waals surface area contributed by atoms with E-state index in [1.54, 1.807) is 17.7 Å². The van der Waals surface area contributed by atoms with Crippen molar-refractivity contribution in [3.8, 4) is 0 Å². The number of hydrogen-bond donors (Lipinski definition) is 2. The van der Waals surface area contributed by atoms with Crippen molar-refractivity contribution in [1.82, 2.24) is 29.7 Å². The Bertz CT molecular complexity index is 1410. The largest absolute Gasteiger partial charge is 0.340 e. The topological polar surface area (TPSA) is 90.0 Å². The molecule has 2 N–H and O–H groups in total. The highest BCUT2D eigenvalue weighted by atomic mass is 32.1. The van der Waals surface area contributed by atoms with E-state index in [2.05, 4.69) is 76.1 Å². The number of thiazole rings is 1. The Labute approximate surface area is 221 Å². The van der Waals surface area contributed by atoms with E-state index in [1.165, 1.54) is 5.57 Å². The molecule has 4 aromatic rings. The van der Waals surface area contributed by atoms with Gasteiger partial charge in [0.05, 0.1) is 27.7 Å². The first-order valence-electron chi connectivity index (χ1n) is 13.0. The molecule has 0 spiro atoms. The molecule has 5 rings (SSSR count). The lowest BCUT2D eigenvalue weighted by molar-refractivity contribution is -0.132. The zero-order chi connectivity index (χ0) is 25.9. The van der Waals surface area contributed by atoms with E-state index in [4.69, 9.17) is 0 Å². The molecule has 0 bridgehead atoms. The van der Waals surface area contributed by atoms with E-state index in [1.807, 2.05) is 22.5 Å². The van der Waals surface area contributed by atoms with Crippen molar-refractivity contribution in [1.29, 1.82) is 0 Å². The number of nitrogens with one attached hydrogen (secondary N) is 2. The van der Waals surface area contributed by atoms with E-state index in [-0.39, 0.29) is 5.91 Å². The van der Waals surface area contributed by atoms with Crippen molar-refractivity contribution in [3.63, 3.8) is 0 Å². The molecule has 1 aromatic carbocycles. The molecule has 1 aliphatic heterocycles. The van der Waals surface area contributed by atoms with Crippen LogP contribution in [0.15, 0.2) is 42.2 Å². The molecule has 37 heavy (non-hydrogen) atoms. The number of aromatic nitrogens is 4. The molecule has 0 fully saturated rings. The second kappa shape index (κ2) is 11.0. The molecule has 3 aromatic heterocycles. The third-order valence-corrected chi connectivity index (χ3v) is 7.32. The Kier molecular flexibility index (Phi) is 7.53. The monoisotopic (exact) mass is 517 g/mol. The molecule has 1 aliphatic rings. The SMILES string of the molecule is CC(C)CN(CC(=O)N1CC=C(c2cc3c(Nc4ccc5ncsc5c4)ncnc3[nH]2)CC1)CC(C)C. The van der Waals surface area contributed by atoms with Gasteiger partial charge in [0, 0.05) is 37.6 Å². The number of benzene rings is 1. The highest BCUT2D eigenvalue weighted by Crippen LogP contribution is 2.30.